The molecule has 1 aliphatic heterocycles. The second-order valence-electron chi connectivity index (χ2n) is 8.72. The fraction of sp³-hybridized carbons (Fsp3) is 0.370. The molecule has 0 unspecified atom stereocenters. The summed E-state index contributed by atoms with van der Waals surface area (Å²) in [5.41, 5.74) is 3.11. The van der Waals surface area contributed by atoms with Crippen molar-refractivity contribution in [3.05, 3.63) is 77.6 Å². The van der Waals surface area contributed by atoms with Gasteiger partial charge in [-0.25, -0.2) is 9.78 Å². The van der Waals surface area contributed by atoms with Crippen LogP contribution in [0.1, 0.15) is 42.4 Å². The Morgan fingerprint density at radius 1 is 1.18 bits per heavy atom. The van der Waals surface area contributed by atoms with Gasteiger partial charge in [-0.2, -0.15) is 0 Å². The molecule has 1 aliphatic rings. The van der Waals surface area contributed by atoms with Gasteiger partial charge >= 0.3 is 12.0 Å². The van der Waals surface area contributed by atoms with Gasteiger partial charge in [-0.05, 0) is 30.2 Å². The first-order valence-corrected chi connectivity index (χ1v) is 13.3. The van der Waals surface area contributed by atoms with Gasteiger partial charge in [0.2, 0.25) is 0 Å². The Hall–Kier alpha value is -3.38. The first-order valence-electron chi connectivity index (χ1n) is 12.4. The standard InChI is InChI=1S/C27H32N4O6S/c1-3-35-24(33)15-29-26(34)30-21-6-4-5-20(13-21)25-36-22(17-38-27-28-11-12-31(27)2)14-23(37-25)19-9-7-18(16-32)8-10-19/h4-13,22-23,25,32H,3,14-17H2,1-2H3,(H2,29,30,34)/t22-,23+,25+/m1/s1. The summed E-state index contributed by atoms with van der Waals surface area (Å²) in [6.45, 7) is 1.71. The van der Waals surface area contributed by atoms with Crippen LogP contribution in [0.4, 0.5) is 10.5 Å². The summed E-state index contributed by atoms with van der Waals surface area (Å²) < 4.78 is 19.5. The molecule has 11 heteroatoms. The van der Waals surface area contributed by atoms with Gasteiger partial charge in [0, 0.05) is 42.9 Å². The molecule has 2 aromatic carbocycles. The summed E-state index contributed by atoms with van der Waals surface area (Å²) in [5, 5.41) is 15.5. The van der Waals surface area contributed by atoms with E-state index in [4.69, 9.17) is 14.2 Å². The maximum atomic E-state index is 12.3. The smallest absolute Gasteiger partial charge is 0.325 e. The van der Waals surface area contributed by atoms with Gasteiger partial charge < -0.3 is 34.5 Å². The summed E-state index contributed by atoms with van der Waals surface area (Å²) in [6, 6.07) is 14.4. The number of nitrogens with one attached hydrogen (secondary N) is 2. The Morgan fingerprint density at radius 2 is 2.00 bits per heavy atom. The highest BCUT2D eigenvalue weighted by Crippen LogP contribution is 2.39. The van der Waals surface area contributed by atoms with Crippen LogP contribution >= 0.6 is 11.8 Å². The number of esters is 1. The SMILES string of the molecule is CCOC(=O)CNC(=O)Nc1cccc([C@H]2O[C@@H](CSc3nccn3C)C[C@@H](c3ccc(CO)cc3)O2)c1. The number of thioether (sulfide) groups is 1. The number of aliphatic hydroxyl groups is 1. The number of ether oxygens (including phenoxy) is 3. The van der Waals surface area contributed by atoms with Gasteiger partial charge in [0.05, 0.1) is 25.4 Å². The number of hydrogen-bond acceptors (Lipinski definition) is 8. The van der Waals surface area contributed by atoms with Crippen LogP contribution in [0.15, 0.2) is 66.1 Å². The van der Waals surface area contributed by atoms with Crippen molar-refractivity contribution in [3.63, 3.8) is 0 Å². The average Bonchev–Trinajstić information content (AvgIpc) is 3.35. The van der Waals surface area contributed by atoms with Gasteiger partial charge in [0.1, 0.15) is 6.54 Å². The molecule has 38 heavy (non-hydrogen) atoms. The van der Waals surface area contributed by atoms with E-state index in [2.05, 4.69) is 15.6 Å². The molecule has 0 spiro atoms. The fourth-order valence-corrected chi connectivity index (χ4v) is 4.93. The van der Waals surface area contributed by atoms with Crippen LogP contribution in [0.5, 0.6) is 0 Å². The minimum atomic E-state index is -0.664. The van der Waals surface area contributed by atoms with Crippen molar-refractivity contribution >= 4 is 29.4 Å². The third-order valence-electron chi connectivity index (χ3n) is 5.91. The molecule has 0 bridgehead atoms. The minimum Gasteiger partial charge on any atom is -0.465 e. The van der Waals surface area contributed by atoms with Gasteiger partial charge in [0.25, 0.3) is 0 Å². The van der Waals surface area contributed by atoms with Gasteiger partial charge in [-0.1, -0.05) is 48.2 Å². The summed E-state index contributed by atoms with van der Waals surface area (Å²) in [6.07, 6.45) is 3.31. The average molecular weight is 541 g/mol. The molecule has 0 aliphatic carbocycles. The quantitative estimate of drug-likeness (QED) is 0.261. The first kappa shape index (κ1) is 27.6. The lowest BCUT2D eigenvalue weighted by molar-refractivity contribution is -0.245. The number of hydrogen-bond donors (Lipinski definition) is 3. The van der Waals surface area contributed by atoms with E-state index < -0.39 is 18.3 Å². The second kappa shape index (κ2) is 13.4. The number of aryl methyl sites for hydroxylation is 1. The molecule has 4 rings (SSSR count). The molecular formula is C27H32N4O6S. The third kappa shape index (κ3) is 7.57. The number of rotatable bonds is 10. The zero-order chi connectivity index (χ0) is 26.9. The Morgan fingerprint density at radius 3 is 2.71 bits per heavy atom. The largest absolute Gasteiger partial charge is 0.465 e. The van der Waals surface area contributed by atoms with E-state index in [9.17, 15) is 14.7 Å². The van der Waals surface area contributed by atoms with Crippen molar-refractivity contribution < 1.29 is 28.9 Å². The normalized spacial score (nSPS) is 19.1. The van der Waals surface area contributed by atoms with Crippen molar-refractivity contribution in [1.29, 1.82) is 0 Å². The topological polar surface area (TPSA) is 124 Å². The molecule has 2 heterocycles. The Bertz CT molecular complexity index is 1220. The van der Waals surface area contributed by atoms with Crippen LogP contribution in [0.2, 0.25) is 0 Å². The third-order valence-corrected chi connectivity index (χ3v) is 7.10. The Labute approximate surface area is 225 Å². The maximum absolute atomic E-state index is 12.3. The number of amides is 2. The molecule has 3 N–H and O–H groups in total. The molecule has 1 fully saturated rings. The maximum Gasteiger partial charge on any atom is 0.325 e. The number of urea groups is 1. The highest BCUT2D eigenvalue weighted by molar-refractivity contribution is 7.99. The van der Waals surface area contributed by atoms with Crippen LogP contribution in [0, 0.1) is 0 Å². The summed E-state index contributed by atoms with van der Waals surface area (Å²) in [7, 11) is 1.95. The van der Waals surface area contributed by atoms with Crippen molar-refractivity contribution in [2.45, 2.75) is 43.6 Å². The molecule has 3 atom stereocenters. The molecule has 0 saturated carbocycles. The lowest BCUT2D eigenvalue weighted by atomic mass is 10.0. The van der Waals surface area contributed by atoms with Gasteiger partial charge in [-0.15, -0.1) is 0 Å². The second-order valence-corrected chi connectivity index (χ2v) is 9.71. The summed E-state index contributed by atoms with van der Waals surface area (Å²) in [4.78, 5) is 28.1. The molecule has 3 aromatic rings. The number of aliphatic hydroxyl groups excluding tert-OH is 1. The van der Waals surface area contributed by atoms with E-state index in [1.54, 1.807) is 43.1 Å². The predicted molar refractivity (Wildman–Crippen MR) is 142 cm³/mol. The van der Waals surface area contributed by atoms with E-state index in [1.165, 1.54) is 0 Å². The molecule has 0 radical (unpaired) electrons. The molecular weight excluding hydrogens is 508 g/mol. The Kier molecular flexibility index (Phi) is 9.77. The Balaban J connectivity index is 1.47. The molecule has 202 valence electrons. The molecule has 1 aromatic heterocycles. The fourth-order valence-electron chi connectivity index (χ4n) is 3.98. The van der Waals surface area contributed by atoms with Gasteiger partial charge in [0.15, 0.2) is 11.4 Å². The zero-order valence-electron chi connectivity index (χ0n) is 21.3. The van der Waals surface area contributed by atoms with E-state index >= 15 is 0 Å². The lowest BCUT2D eigenvalue weighted by Crippen LogP contribution is -2.34. The first-order chi connectivity index (χ1) is 18.4. The lowest BCUT2D eigenvalue weighted by Gasteiger charge is -2.36. The van der Waals surface area contributed by atoms with E-state index in [1.807, 2.05) is 48.1 Å². The minimum absolute atomic E-state index is 0.0202. The van der Waals surface area contributed by atoms with Crippen LogP contribution in [-0.2, 0) is 32.7 Å². The highest BCUT2D eigenvalue weighted by Gasteiger charge is 2.32. The predicted octanol–water partition coefficient (Wildman–Crippen LogP) is 3.93. The number of benzene rings is 2. The zero-order valence-corrected chi connectivity index (χ0v) is 22.1. The van der Waals surface area contributed by atoms with Crippen LogP contribution in [0.3, 0.4) is 0 Å². The number of carbonyl (C=O) groups excluding carboxylic acids is 2. The number of nitrogens with zero attached hydrogens (tertiary/aromatic N) is 2. The van der Waals surface area contributed by atoms with Gasteiger partial charge in [-0.3, -0.25) is 4.79 Å². The van der Waals surface area contributed by atoms with Crippen molar-refractivity contribution in [3.8, 4) is 0 Å². The number of imidazole rings is 1. The van der Waals surface area contributed by atoms with Crippen LogP contribution in [0.25, 0.3) is 0 Å². The van der Waals surface area contributed by atoms with E-state index in [0.717, 1.165) is 21.8 Å². The van der Waals surface area contributed by atoms with Crippen molar-refractivity contribution in [1.82, 2.24) is 14.9 Å². The molecule has 1 saturated heterocycles. The summed E-state index contributed by atoms with van der Waals surface area (Å²) in [5.74, 6) is 0.178. The number of aromatic nitrogens is 2. The van der Waals surface area contributed by atoms with Crippen LogP contribution in [-0.4, -0.2) is 51.7 Å². The van der Waals surface area contributed by atoms with E-state index in [0.29, 0.717) is 17.9 Å². The number of anilines is 1. The van der Waals surface area contributed by atoms with E-state index in [-0.39, 0.29) is 32.0 Å². The number of carbonyl (C=O) groups is 2. The van der Waals surface area contributed by atoms with Crippen molar-refractivity contribution in [2.75, 3.05) is 24.2 Å². The molecule has 10 nitrogen and oxygen atoms in total. The monoisotopic (exact) mass is 540 g/mol. The molecule has 2 amide bonds. The highest BCUT2D eigenvalue weighted by atomic mass is 32.2. The summed E-state index contributed by atoms with van der Waals surface area (Å²) >= 11 is 1.62. The van der Waals surface area contributed by atoms with Crippen LogP contribution < -0.4 is 10.6 Å². The van der Waals surface area contributed by atoms with Crippen molar-refractivity contribution in [2.24, 2.45) is 7.05 Å².